The van der Waals surface area contributed by atoms with Gasteiger partial charge in [0.15, 0.2) is 0 Å². The molecule has 0 aromatic heterocycles. The van der Waals surface area contributed by atoms with Gasteiger partial charge in [-0.1, -0.05) is 11.6 Å². The molecule has 0 bridgehead atoms. The van der Waals surface area contributed by atoms with Crippen LogP contribution in [0.25, 0.3) is 0 Å². The molecule has 1 atom stereocenters. The van der Waals surface area contributed by atoms with Gasteiger partial charge in [0, 0.05) is 5.69 Å². The third-order valence-corrected chi connectivity index (χ3v) is 2.91. The molecule has 3 nitrogen and oxygen atoms in total. The molecule has 0 aliphatic heterocycles. The lowest BCUT2D eigenvalue weighted by molar-refractivity contribution is 0.133. The number of rotatable bonds is 3. The van der Waals surface area contributed by atoms with Crippen LogP contribution >= 0.6 is 11.6 Å². The first kappa shape index (κ1) is 12.8. The fourth-order valence-electron chi connectivity index (χ4n) is 1.16. The van der Waals surface area contributed by atoms with Gasteiger partial charge in [0.1, 0.15) is 6.07 Å². The van der Waals surface area contributed by atoms with Crippen LogP contribution in [0.1, 0.15) is 26.3 Å². The molecule has 1 rings (SSSR count). The van der Waals surface area contributed by atoms with E-state index in [0.717, 1.165) is 5.69 Å². The minimum Gasteiger partial charge on any atom is -0.391 e. The molecule has 1 aromatic rings. The predicted octanol–water partition coefficient (Wildman–Crippen LogP) is 2.78. The van der Waals surface area contributed by atoms with Crippen LogP contribution in [0.3, 0.4) is 0 Å². The lowest BCUT2D eigenvalue weighted by Gasteiger charge is -2.30. The van der Waals surface area contributed by atoms with Gasteiger partial charge in [0.05, 0.1) is 22.2 Å². The Morgan fingerprint density at radius 1 is 1.50 bits per heavy atom. The normalized spacial score (nSPS) is 13.0. The van der Waals surface area contributed by atoms with Crippen molar-refractivity contribution in [3.05, 3.63) is 28.8 Å². The van der Waals surface area contributed by atoms with E-state index >= 15 is 0 Å². The van der Waals surface area contributed by atoms with Crippen LogP contribution < -0.4 is 5.32 Å². The maximum absolute atomic E-state index is 9.56. The largest absolute Gasteiger partial charge is 0.391 e. The Kier molecular flexibility index (Phi) is 3.79. The van der Waals surface area contributed by atoms with Crippen molar-refractivity contribution in [1.29, 1.82) is 5.26 Å². The van der Waals surface area contributed by atoms with Crippen LogP contribution in [0, 0.1) is 11.3 Å². The van der Waals surface area contributed by atoms with Gasteiger partial charge in [-0.2, -0.15) is 5.26 Å². The molecule has 0 spiro atoms. The number of benzene rings is 1. The van der Waals surface area contributed by atoms with Crippen molar-refractivity contribution in [2.24, 2.45) is 0 Å². The van der Waals surface area contributed by atoms with E-state index in [9.17, 15) is 5.11 Å². The van der Waals surface area contributed by atoms with Gasteiger partial charge in [-0.25, -0.2) is 0 Å². The highest BCUT2D eigenvalue weighted by Crippen LogP contribution is 2.24. The number of anilines is 1. The summed E-state index contributed by atoms with van der Waals surface area (Å²) in [5.41, 5.74) is 0.786. The summed E-state index contributed by atoms with van der Waals surface area (Å²) in [6.45, 7) is 5.51. The van der Waals surface area contributed by atoms with Crippen LogP contribution in [-0.4, -0.2) is 16.7 Å². The Bertz CT molecular complexity index is 422. The van der Waals surface area contributed by atoms with Gasteiger partial charge in [-0.15, -0.1) is 0 Å². The summed E-state index contributed by atoms with van der Waals surface area (Å²) >= 11 is 5.91. The lowest BCUT2D eigenvalue weighted by Crippen LogP contribution is -2.41. The number of nitriles is 1. The zero-order valence-corrected chi connectivity index (χ0v) is 10.3. The van der Waals surface area contributed by atoms with E-state index in [1.807, 2.05) is 19.9 Å². The van der Waals surface area contributed by atoms with E-state index in [1.54, 1.807) is 25.1 Å². The average molecular weight is 239 g/mol. The molecule has 86 valence electrons. The fraction of sp³-hybridized carbons (Fsp3) is 0.417. The number of hydrogen-bond acceptors (Lipinski definition) is 3. The van der Waals surface area contributed by atoms with Gasteiger partial charge < -0.3 is 10.4 Å². The highest BCUT2D eigenvalue weighted by atomic mass is 35.5. The smallest absolute Gasteiger partial charge is 0.101 e. The van der Waals surface area contributed by atoms with Gasteiger partial charge in [-0.05, 0) is 39.0 Å². The number of nitrogens with one attached hydrogen (secondary N) is 1. The summed E-state index contributed by atoms with van der Waals surface area (Å²) in [7, 11) is 0. The van der Waals surface area contributed by atoms with Crippen molar-refractivity contribution in [3.8, 4) is 6.07 Å². The zero-order chi connectivity index (χ0) is 12.3. The summed E-state index contributed by atoms with van der Waals surface area (Å²) in [6, 6.07) is 7.11. The highest BCUT2D eigenvalue weighted by molar-refractivity contribution is 6.32. The molecule has 0 aliphatic rings. The molecular formula is C12H15ClN2O. The van der Waals surface area contributed by atoms with Gasteiger partial charge >= 0.3 is 0 Å². The molecule has 0 amide bonds. The molecule has 0 fully saturated rings. The van der Waals surface area contributed by atoms with Crippen LogP contribution in [0.15, 0.2) is 18.2 Å². The second kappa shape index (κ2) is 4.73. The molecule has 1 aromatic carbocycles. The second-order valence-electron chi connectivity index (χ2n) is 4.33. The molecule has 2 N–H and O–H groups in total. The maximum atomic E-state index is 9.56. The average Bonchev–Trinajstić information content (AvgIpc) is 2.17. The number of nitrogens with zero attached hydrogens (tertiary/aromatic N) is 1. The van der Waals surface area contributed by atoms with Gasteiger partial charge in [0.2, 0.25) is 0 Å². The van der Waals surface area contributed by atoms with E-state index in [2.05, 4.69) is 5.32 Å². The molecule has 1 unspecified atom stereocenters. The first-order chi connectivity index (χ1) is 7.36. The molecule has 0 heterocycles. The second-order valence-corrected chi connectivity index (χ2v) is 4.74. The van der Waals surface area contributed by atoms with Crippen LogP contribution in [0.2, 0.25) is 5.02 Å². The summed E-state index contributed by atoms with van der Waals surface area (Å²) in [5.74, 6) is 0. The first-order valence-corrected chi connectivity index (χ1v) is 5.40. The number of aliphatic hydroxyl groups excluding tert-OH is 1. The molecule has 16 heavy (non-hydrogen) atoms. The maximum Gasteiger partial charge on any atom is 0.101 e. The number of aliphatic hydroxyl groups is 1. The third kappa shape index (κ3) is 2.88. The Balaban J connectivity index is 2.92. The number of hydrogen-bond donors (Lipinski definition) is 2. The van der Waals surface area contributed by atoms with Crippen LogP contribution in [-0.2, 0) is 0 Å². The summed E-state index contributed by atoms with van der Waals surface area (Å²) in [5, 5.41) is 21.9. The molecular weight excluding hydrogens is 224 g/mol. The molecule has 0 saturated carbocycles. The number of halogens is 1. The lowest BCUT2D eigenvalue weighted by atomic mass is 9.98. The van der Waals surface area contributed by atoms with Crippen LogP contribution in [0.4, 0.5) is 5.69 Å². The highest BCUT2D eigenvalue weighted by Gasteiger charge is 2.23. The van der Waals surface area contributed by atoms with E-state index in [-0.39, 0.29) is 0 Å². The molecule has 0 radical (unpaired) electrons. The Morgan fingerprint density at radius 2 is 2.12 bits per heavy atom. The first-order valence-electron chi connectivity index (χ1n) is 5.02. The van der Waals surface area contributed by atoms with E-state index in [4.69, 9.17) is 16.9 Å². The Hall–Kier alpha value is -1.24. The molecule has 4 heteroatoms. The van der Waals surface area contributed by atoms with E-state index in [0.29, 0.717) is 10.6 Å². The van der Waals surface area contributed by atoms with Crippen molar-refractivity contribution in [2.45, 2.75) is 32.4 Å². The molecule has 0 aliphatic carbocycles. The summed E-state index contributed by atoms with van der Waals surface area (Å²) in [4.78, 5) is 0. The summed E-state index contributed by atoms with van der Waals surface area (Å²) in [6.07, 6.45) is -0.498. The van der Waals surface area contributed by atoms with Crippen molar-refractivity contribution >= 4 is 17.3 Å². The van der Waals surface area contributed by atoms with Gasteiger partial charge in [0.25, 0.3) is 0 Å². The standard InChI is InChI=1S/C12H15ClN2O/c1-8(16)12(2,3)15-10-5-4-9(7-14)11(13)6-10/h4-6,8,15-16H,1-3H3. The van der Waals surface area contributed by atoms with Crippen molar-refractivity contribution in [3.63, 3.8) is 0 Å². The van der Waals surface area contributed by atoms with Crippen LogP contribution in [0.5, 0.6) is 0 Å². The topological polar surface area (TPSA) is 56.0 Å². The summed E-state index contributed by atoms with van der Waals surface area (Å²) < 4.78 is 0. The predicted molar refractivity (Wildman–Crippen MR) is 65.5 cm³/mol. The van der Waals surface area contributed by atoms with Gasteiger partial charge in [-0.3, -0.25) is 0 Å². The van der Waals surface area contributed by atoms with Crippen molar-refractivity contribution < 1.29 is 5.11 Å². The third-order valence-electron chi connectivity index (χ3n) is 2.60. The van der Waals surface area contributed by atoms with E-state index < -0.39 is 11.6 Å². The monoisotopic (exact) mass is 238 g/mol. The van der Waals surface area contributed by atoms with Crippen molar-refractivity contribution in [2.75, 3.05) is 5.32 Å². The minimum absolute atomic E-state index is 0.411. The minimum atomic E-state index is -0.498. The SMILES string of the molecule is CC(O)C(C)(C)Nc1ccc(C#N)c(Cl)c1. The Morgan fingerprint density at radius 3 is 2.56 bits per heavy atom. The fourth-order valence-corrected chi connectivity index (χ4v) is 1.38. The van der Waals surface area contributed by atoms with E-state index in [1.165, 1.54) is 0 Å². The Labute approximate surface area is 101 Å². The molecule has 0 saturated heterocycles. The van der Waals surface area contributed by atoms with Crippen molar-refractivity contribution in [1.82, 2.24) is 0 Å². The zero-order valence-electron chi connectivity index (χ0n) is 9.58. The quantitative estimate of drug-likeness (QED) is 0.852.